The number of methoxy groups -OCH3 is 2. The van der Waals surface area contributed by atoms with Gasteiger partial charge in [-0.2, -0.15) is 0 Å². The summed E-state index contributed by atoms with van der Waals surface area (Å²) in [7, 11) is 2.56. The third-order valence-corrected chi connectivity index (χ3v) is 4.01. The first kappa shape index (κ1) is 19.2. The number of esters is 1. The standard InChI is InChI=1S/C16H19N3O7/c1-25-13-5-3-10(19(23)24)7-9(13)8-12(16(22)26-2)18-15(21)11-4-6-14(20)17-11/h3,5,7,11-12H,4,6,8H2,1-2H3,(H,17,20)(H,18,21)/t11-,12-/m0/s1. The topological polar surface area (TPSA) is 137 Å². The Labute approximate surface area is 149 Å². The highest BCUT2D eigenvalue weighted by Crippen LogP contribution is 2.25. The lowest BCUT2D eigenvalue weighted by molar-refractivity contribution is -0.384. The van der Waals surface area contributed by atoms with Gasteiger partial charge in [-0.1, -0.05) is 0 Å². The zero-order valence-corrected chi connectivity index (χ0v) is 14.3. The van der Waals surface area contributed by atoms with Crippen LogP contribution in [0.5, 0.6) is 5.75 Å². The van der Waals surface area contributed by atoms with Crippen molar-refractivity contribution in [2.45, 2.75) is 31.3 Å². The highest BCUT2D eigenvalue weighted by Gasteiger charge is 2.31. The number of carbonyl (C=O) groups is 3. The summed E-state index contributed by atoms with van der Waals surface area (Å²) in [5, 5.41) is 16.0. The normalized spacial score (nSPS) is 17.2. The first-order valence-corrected chi connectivity index (χ1v) is 7.84. The molecule has 2 amide bonds. The maximum absolute atomic E-state index is 12.3. The molecule has 1 fully saturated rings. The summed E-state index contributed by atoms with van der Waals surface area (Å²) < 4.78 is 9.87. The predicted octanol–water partition coefficient (Wildman–Crippen LogP) is 0.0823. The average Bonchev–Trinajstić information content (AvgIpc) is 3.06. The van der Waals surface area contributed by atoms with Crippen LogP contribution in [0.15, 0.2) is 18.2 Å². The van der Waals surface area contributed by atoms with Crippen LogP contribution in [0.25, 0.3) is 0 Å². The van der Waals surface area contributed by atoms with Gasteiger partial charge in [0.2, 0.25) is 11.8 Å². The molecule has 10 heteroatoms. The van der Waals surface area contributed by atoms with E-state index in [1.54, 1.807) is 0 Å². The van der Waals surface area contributed by atoms with Crippen molar-refractivity contribution in [3.63, 3.8) is 0 Å². The van der Waals surface area contributed by atoms with Crippen molar-refractivity contribution in [2.24, 2.45) is 0 Å². The van der Waals surface area contributed by atoms with E-state index in [0.29, 0.717) is 17.7 Å². The van der Waals surface area contributed by atoms with Crippen LogP contribution < -0.4 is 15.4 Å². The number of nitrogens with one attached hydrogen (secondary N) is 2. The summed E-state index contributed by atoms with van der Waals surface area (Å²) in [5.41, 5.74) is 0.201. The summed E-state index contributed by atoms with van der Waals surface area (Å²) in [6.45, 7) is 0. The Kier molecular flexibility index (Phi) is 6.10. The van der Waals surface area contributed by atoms with E-state index in [9.17, 15) is 24.5 Å². The number of non-ortho nitro benzene ring substituents is 1. The number of rotatable bonds is 7. The van der Waals surface area contributed by atoms with Gasteiger partial charge in [-0.05, 0) is 12.5 Å². The minimum absolute atomic E-state index is 0.0655. The number of ether oxygens (including phenoxy) is 2. The highest BCUT2D eigenvalue weighted by molar-refractivity contribution is 5.93. The van der Waals surface area contributed by atoms with Gasteiger partial charge in [-0.3, -0.25) is 19.7 Å². The number of nitro benzene ring substituents is 1. The number of hydrogen-bond donors (Lipinski definition) is 2. The molecular formula is C16H19N3O7. The largest absolute Gasteiger partial charge is 0.496 e. The smallest absolute Gasteiger partial charge is 0.328 e. The minimum Gasteiger partial charge on any atom is -0.496 e. The second-order valence-corrected chi connectivity index (χ2v) is 5.70. The zero-order valence-electron chi connectivity index (χ0n) is 14.3. The molecule has 2 N–H and O–H groups in total. The molecule has 0 saturated carbocycles. The third-order valence-electron chi connectivity index (χ3n) is 4.01. The fraction of sp³-hybridized carbons (Fsp3) is 0.438. The molecule has 0 spiro atoms. The molecule has 0 aromatic heterocycles. The summed E-state index contributed by atoms with van der Waals surface area (Å²) in [4.78, 5) is 46.0. The van der Waals surface area contributed by atoms with Crippen molar-refractivity contribution in [1.82, 2.24) is 10.6 Å². The summed E-state index contributed by atoms with van der Waals surface area (Å²) >= 11 is 0. The molecule has 2 atom stereocenters. The van der Waals surface area contributed by atoms with E-state index in [1.165, 1.54) is 32.4 Å². The van der Waals surface area contributed by atoms with Crippen molar-refractivity contribution < 1.29 is 28.8 Å². The van der Waals surface area contributed by atoms with Crippen molar-refractivity contribution in [1.29, 1.82) is 0 Å². The highest BCUT2D eigenvalue weighted by atomic mass is 16.6. The molecule has 0 bridgehead atoms. The molecular weight excluding hydrogens is 346 g/mol. The minimum atomic E-state index is -1.08. The molecule has 2 rings (SSSR count). The van der Waals surface area contributed by atoms with Gasteiger partial charge in [0, 0.05) is 30.5 Å². The van der Waals surface area contributed by atoms with Gasteiger partial charge in [-0.15, -0.1) is 0 Å². The maximum atomic E-state index is 12.3. The lowest BCUT2D eigenvalue weighted by Gasteiger charge is -2.20. The van der Waals surface area contributed by atoms with Crippen LogP contribution in [0.4, 0.5) is 5.69 Å². The van der Waals surface area contributed by atoms with Gasteiger partial charge in [0.05, 0.1) is 19.1 Å². The van der Waals surface area contributed by atoms with Crippen molar-refractivity contribution in [3.05, 3.63) is 33.9 Å². The number of nitro groups is 1. The van der Waals surface area contributed by atoms with E-state index in [-0.39, 0.29) is 24.4 Å². The molecule has 1 aliphatic heterocycles. The van der Waals surface area contributed by atoms with E-state index in [2.05, 4.69) is 10.6 Å². The molecule has 0 aliphatic carbocycles. The average molecular weight is 365 g/mol. The number of benzene rings is 1. The molecule has 1 heterocycles. The Balaban J connectivity index is 2.21. The van der Waals surface area contributed by atoms with Crippen molar-refractivity contribution in [2.75, 3.05) is 14.2 Å². The molecule has 10 nitrogen and oxygen atoms in total. The zero-order chi connectivity index (χ0) is 19.3. The molecule has 140 valence electrons. The van der Waals surface area contributed by atoms with E-state index in [1.807, 2.05) is 0 Å². The first-order valence-electron chi connectivity index (χ1n) is 7.84. The van der Waals surface area contributed by atoms with E-state index in [0.717, 1.165) is 0 Å². The number of nitrogens with zero attached hydrogens (tertiary/aromatic N) is 1. The fourth-order valence-electron chi connectivity index (χ4n) is 2.68. The van der Waals surface area contributed by atoms with E-state index in [4.69, 9.17) is 9.47 Å². The second-order valence-electron chi connectivity index (χ2n) is 5.70. The monoisotopic (exact) mass is 365 g/mol. The second kappa shape index (κ2) is 8.28. The SMILES string of the molecule is COC(=O)[C@H](Cc1cc([N+](=O)[O-])ccc1OC)NC(=O)[C@@H]1CCC(=O)N1. The van der Waals surface area contributed by atoms with Crippen LogP contribution in [0.3, 0.4) is 0 Å². The van der Waals surface area contributed by atoms with Gasteiger partial charge < -0.3 is 20.1 Å². The van der Waals surface area contributed by atoms with Gasteiger partial charge in [0.15, 0.2) is 0 Å². The first-order chi connectivity index (χ1) is 12.3. The lowest BCUT2D eigenvalue weighted by atomic mass is 10.0. The van der Waals surface area contributed by atoms with Crippen LogP contribution >= 0.6 is 0 Å². The van der Waals surface area contributed by atoms with Crippen LogP contribution in [-0.2, 0) is 25.5 Å². The molecule has 1 aromatic rings. The molecule has 1 aromatic carbocycles. The quantitative estimate of drug-likeness (QED) is 0.397. The van der Waals surface area contributed by atoms with E-state index < -0.39 is 28.9 Å². The van der Waals surface area contributed by atoms with Crippen LogP contribution in [0, 0.1) is 10.1 Å². The maximum Gasteiger partial charge on any atom is 0.328 e. The summed E-state index contributed by atoms with van der Waals surface area (Å²) in [6.07, 6.45) is 0.502. The van der Waals surface area contributed by atoms with Gasteiger partial charge in [-0.25, -0.2) is 4.79 Å². The van der Waals surface area contributed by atoms with Crippen molar-refractivity contribution in [3.8, 4) is 5.75 Å². The van der Waals surface area contributed by atoms with Gasteiger partial charge >= 0.3 is 5.97 Å². The Morgan fingerprint density at radius 3 is 2.69 bits per heavy atom. The van der Waals surface area contributed by atoms with Crippen LogP contribution in [0.2, 0.25) is 0 Å². The fourth-order valence-corrected chi connectivity index (χ4v) is 2.68. The van der Waals surface area contributed by atoms with Crippen LogP contribution in [0.1, 0.15) is 18.4 Å². The molecule has 1 aliphatic rings. The molecule has 26 heavy (non-hydrogen) atoms. The summed E-state index contributed by atoms with van der Waals surface area (Å²) in [6, 6.07) is 2.17. The van der Waals surface area contributed by atoms with Gasteiger partial charge in [0.25, 0.3) is 5.69 Å². The number of amides is 2. The Morgan fingerprint density at radius 1 is 1.42 bits per heavy atom. The molecule has 0 radical (unpaired) electrons. The number of hydrogen-bond acceptors (Lipinski definition) is 7. The Bertz CT molecular complexity index is 735. The Hall–Kier alpha value is -3.17. The van der Waals surface area contributed by atoms with Crippen LogP contribution in [-0.4, -0.2) is 49.0 Å². The molecule has 1 saturated heterocycles. The summed E-state index contributed by atoms with van der Waals surface area (Å²) in [5.74, 6) is -1.13. The number of carbonyl (C=O) groups excluding carboxylic acids is 3. The van der Waals surface area contributed by atoms with Gasteiger partial charge in [0.1, 0.15) is 17.8 Å². The predicted molar refractivity (Wildman–Crippen MR) is 88.5 cm³/mol. The Morgan fingerprint density at radius 2 is 2.15 bits per heavy atom. The lowest BCUT2D eigenvalue weighted by Crippen LogP contribution is -2.50. The van der Waals surface area contributed by atoms with E-state index >= 15 is 0 Å². The third kappa shape index (κ3) is 4.47. The van der Waals surface area contributed by atoms with Crippen molar-refractivity contribution >= 4 is 23.5 Å². The molecule has 0 unspecified atom stereocenters.